The predicted molar refractivity (Wildman–Crippen MR) is 241 cm³/mol. The zero-order valence-corrected chi connectivity index (χ0v) is 35.4. The largest absolute Gasteiger partial charge is 0.376 e. The van der Waals surface area contributed by atoms with E-state index in [-0.39, 0.29) is 28.1 Å². The van der Waals surface area contributed by atoms with Gasteiger partial charge in [0.1, 0.15) is 12.0 Å². The van der Waals surface area contributed by atoms with Crippen molar-refractivity contribution in [2.45, 2.75) is 41.9 Å². The maximum Gasteiger partial charge on any atom is 0.293 e. The zero-order valence-electron chi connectivity index (χ0n) is 33.8. The summed E-state index contributed by atoms with van der Waals surface area (Å²) in [5, 5.41) is 16.2. The second kappa shape index (κ2) is 18.3. The van der Waals surface area contributed by atoms with E-state index in [9.17, 15) is 18.5 Å². The van der Waals surface area contributed by atoms with Crippen LogP contribution in [0.3, 0.4) is 0 Å². The van der Waals surface area contributed by atoms with Crippen LogP contribution in [0.25, 0.3) is 10.9 Å². The Labute approximate surface area is 355 Å². The van der Waals surface area contributed by atoms with Crippen molar-refractivity contribution in [1.29, 1.82) is 0 Å². The highest BCUT2D eigenvalue weighted by Crippen LogP contribution is 2.34. The molecule has 2 N–H and O–H groups in total. The number of hydrogen-bond acceptors (Lipinski definition) is 12. The molecule has 1 atom stereocenters. The highest BCUT2D eigenvalue weighted by molar-refractivity contribution is 7.99. The van der Waals surface area contributed by atoms with Crippen molar-refractivity contribution < 1.29 is 13.3 Å². The number of benzene rings is 5. The lowest BCUT2D eigenvalue weighted by molar-refractivity contribution is -0.384. The first-order chi connectivity index (χ1) is 29.1. The first-order valence-corrected chi connectivity index (χ1v) is 22.6. The van der Waals surface area contributed by atoms with Gasteiger partial charge in [-0.3, -0.25) is 19.7 Å². The Kier molecular flexibility index (Phi) is 12.5. The number of thioether (sulfide) groups is 1. The van der Waals surface area contributed by atoms with Gasteiger partial charge in [0.15, 0.2) is 5.82 Å². The summed E-state index contributed by atoms with van der Waals surface area (Å²) in [6.07, 6.45) is 2.06. The van der Waals surface area contributed by atoms with Crippen LogP contribution in [0.2, 0.25) is 0 Å². The number of fused-ring (bicyclic) bond motifs is 2. The van der Waals surface area contributed by atoms with E-state index in [1.54, 1.807) is 11.8 Å². The monoisotopic (exact) mass is 843 g/mol. The van der Waals surface area contributed by atoms with Crippen LogP contribution in [0.4, 0.5) is 28.6 Å². The van der Waals surface area contributed by atoms with Gasteiger partial charge in [0.2, 0.25) is 0 Å². The Morgan fingerprint density at radius 2 is 1.55 bits per heavy atom. The number of nitrogens with zero attached hydrogens (tertiary/aromatic N) is 7. The van der Waals surface area contributed by atoms with Gasteiger partial charge in [-0.05, 0) is 92.3 Å². The van der Waals surface area contributed by atoms with Crippen LogP contribution in [-0.4, -0.2) is 91.7 Å². The molecule has 0 spiro atoms. The molecule has 0 unspecified atom stereocenters. The molecule has 0 aliphatic carbocycles. The lowest BCUT2D eigenvalue weighted by Gasteiger charge is -2.36. The van der Waals surface area contributed by atoms with Gasteiger partial charge in [-0.2, -0.15) is 0 Å². The number of anilines is 4. The van der Waals surface area contributed by atoms with E-state index in [0.717, 1.165) is 75.4 Å². The summed E-state index contributed by atoms with van der Waals surface area (Å²) >= 11 is 1.66. The average molecular weight is 844 g/mol. The van der Waals surface area contributed by atoms with Gasteiger partial charge in [0, 0.05) is 85.3 Å². The van der Waals surface area contributed by atoms with Gasteiger partial charge in [-0.1, -0.05) is 60.7 Å². The first-order valence-electron chi connectivity index (χ1n) is 20.1. The van der Waals surface area contributed by atoms with Crippen molar-refractivity contribution >= 4 is 61.3 Å². The molecule has 2 aliphatic heterocycles. The number of sulfonamides is 1. The normalized spacial score (nSPS) is 15.0. The Bertz CT molecular complexity index is 2550. The fraction of sp³-hybridized carbons (Fsp3) is 0.289. The van der Waals surface area contributed by atoms with Gasteiger partial charge >= 0.3 is 0 Å². The lowest BCUT2D eigenvalue weighted by Crippen LogP contribution is -2.46. The topological polar surface area (TPSA) is 140 Å². The minimum Gasteiger partial charge on any atom is -0.376 e. The number of nitrogens with one attached hydrogen (secondary N) is 2. The third kappa shape index (κ3) is 9.65. The van der Waals surface area contributed by atoms with Gasteiger partial charge in [-0.25, -0.2) is 18.4 Å². The number of para-hydroxylation sites is 1. The van der Waals surface area contributed by atoms with E-state index in [4.69, 9.17) is 0 Å². The van der Waals surface area contributed by atoms with Crippen LogP contribution in [0, 0.1) is 10.1 Å². The van der Waals surface area contributed by atoms with Crippen LogP contribution >= 0.6 is 11.8 Å². The standard InChI is InChI=1S/C45H49N9O4S2/c1-50(2)21-20-36(31-59-38-13-4-3-5-14-38)48-41-19-17-39(27-44(41)54(55)56)60(57,58)49-45-40-18-16-37(26-42(40)46-32-47-45)52-24-22-51(23-25-52)28-35-12-8-9-15-43(35)53-29-33-10-6-7-11-34(33)30-53/h3-19,26-27,32,36,48H,20-25,28-31H2,1-2H3,(H,46,47,49)/t36-/m1/s1. The van der Waals surface area contributed by atoms with E-state index < -0.39 is 14.9 Å². The summed E-state index contributed by atoms with van der Waals surface area (Å²) in [7, 11) is -0.300. The third-order valence-electron chi connectivity index (χ3n) is 11.1. The van der Waals surface area contributed by atoms with Crippen LogP contribution in [-0.2, 0) is 29.7 Å². The minimum atomic E-state index is -4.26. The van der Waals surface area contributed by atoms with E-state index >= 15 is 0 Å². The molecule has 60 heavy (non-hydrogen) atoms. The molecule has 15 heteroatoms. The summed E-state index contributed by atoms with van der Waals surface area (Å²) < 4.78 is 30.1. The zero-order chi connectivity index (χ0) is 41.6. The molecule has 13 nitrogen and oxygen atoms in total. The third-order valence-corrected chi connectivity index (χ3v) is 13.6. The number of nitro benzene ring substituents is 1. The van der Waals surface area contributed by atoms with Crippen LogP contribution in [0.5, 0.6) is 0 Å². The molecule has 310 valence electrons. The fourth-order valence-corrected chi connectivity index (χ4v) is 9.91. The second-order valence-corrected chi connectivity index (χ2v) is 18.3. The molecule has 1 aromatic heterocycles. The van der Waals surface area contributed by atoms with E-state index in [1.807, 2.05) is 62.6 Å². The molecule has 0 saturated carbocycles. The Hall–Kier alpha value is -5.74. The summed E-state index contributed by atoms with van der Waals surface area (Å²) in [5.74, 6) is 0.766. The number of nitro groups is 1. The SMILES string of the molecule is CN(C)CC[C@H](CSc1ccccc1)Nc1ccc(S(=O)(=O)Nc2ncnc3cc(N4CCN(Cc5ccccc5N5Cc6ccccc6C5)CC4)ccc23)cc1[N+](=O)[O-]. The summed E-state index contributed by atoms with van der Waals surface area (Å²) in [6, 6.07) is 37.0. The molecular formula is C45H49N9O4S2. The predicted octanol–water partition coefficient (Wildman–Crippen LogP) is 7.71. The lowest BCUT2D eigenvalue weighted by atomic mass is 10.1. The molecule has 6 aromatic rings. The Morgan fingerprint density at radius 3 is 2.28 bits per heavy atom. The van der Waals surface area contributed by atoms with Crippen molar-refractivity contribution in [2.24, 2.45) is 0 Å². The molecule has 0 bridgehead atoms. The second-order valence-electron chi connectivity index (χ2n) is 15.5. The number of hydrogen-bond donors (Lipinski definition) is 2. The van der Waals surface area contributed by atoms with Gasteiger partial charge < -0.3 is 20.0 Å². The molecule has 1 fully saturated rings. The molecule has 2 aliphatic rings. The molecule has 5 aromatic carbocycles. The smallest absolute Gasteiger partial charge is 0.293 e. The van der Waals surface area contributed by atoms with Crippen molar-refractivity contribution in [3.63, 3.8) is 0 Å². The van der Waals surface area contributed by atoms with Gasteiger partial charge in [-0.15, -0.1) is 11.8 Å². The highest BCUT2D eigenvalue weighted by Gasteiger charge is 2.26. The molecule has 0 radical (unpaired) electrons. The quantitative estimate of drug-likeness (QED) is 0.0561. The summed E-state index contributed by atoms with van der Waals surface area (Å²) in [6.45, 7) is 6.95. The average Bonchev–Trinajstić information content (AvgIpc) is 3.69. The molecule has 3 heterocycles. The minimum absolute atomic E-state index is 0.0997. The molecule has 1 saturated heterocycles. The maximum absolute atomic E-state index is 13.8. The van der Waals surface area contributed by atoms with Crippen molar-refractivity contribution in [1.82, 2.24) is 19.8 Å². The Morgan fingerprint density at radius 1 is 0.833 bits per heavy atom. The van der Waals surface area contributed by atoms with Crippen molar-refractivity contribution in [3.05, 3.63) is 148 Å². The Balaban J connectivity index is 0.923. The summed E-state index contributed by atoms with van der Waals surface area (Å²) in [4.78, 5) is 30.7. The molecule has 8 rings (SSSR count). The van der Waals surface area contributed by atoms with Crippen LogP contribution in [0.1, 0.15) is 23.1 Å². The fourth-order valence-electron chi connectivity index (χ4n) is 7.87. The summed E-state index contributed by atoms with van der Waals surface area (Å²) in [5.41, 5.74) is 6.93. The van der Waals surface area contributed by atoms with Crippen molar-refractivity contribution in [2.75, 3.05) is 72.4 Å². The van der Waals surface area contributed by atoms with Gasteiger partial charge in [0.05, 0.1) is 15.3 Å². The maximum atomic E-state index is 13.8. The van der Waals surface area contributed by atoms with Crippen LogP contribution < -0.4 is 19.8 Å². The number of rotatable bonds is 16. The van der Waals surface area contributed by atoms with E-state index in [0.29, 0.717) is 16.7 Å². The van der Waals surface area contributed by atoms with Gasteiger partial charge in [0.25, 0.3) is 15.7 Å². The van der Waals surface area contributed by atoms with E-state index in [2.05, 4.69) is 88.1 Å². The number of piperazine rings is 1. The van der Waals surface area contributed by atoms with Crippen molar-refractivity contribution in [3.8, 4) is 0 Å². The molecular weight excluding hydrogens is 795 g/mol. The number of aromatic nitrogens is 2. The van der Waals surface area contributed by atoms with Crippen LogP contribution in [0.15, 0.2) is 131 Å². The first kappa shape index (κ1) is 41.0. The van der Waals surface area contributed by atoms with E-state index in [1.165, 1.54) is 40.8 Å². The highest BCUT2D eigenvalue weighted by atomic mass is 32.2. The molecule has 0 amide bonds.